The van der Waals surface area contributed by atoms with E-state index in [2.05, 4.69) is 0 Å². The lowest BCUT2D eigenvalue weighted by atomic mass is 9.94. The third-order valence-corrected chi connectivity index (χ3v) is 7.76. The number of nitro benzene ring substituents is 1. The summed E-state index contributed by atoms with van der Waals surface area (Å²) >= 11 is 1.36. The number of hydrogen-bond donors (Lipinski definition) is 0. The number of aryl methyl sites for hydroxylation is 1. The molecule has 36 heavy (non-hydrogen) atoms. The zero-order valence-corrected chi connectivity index (χ0v) is 21.1. The number of para-hydroxylation sites is 1. The topological polar surface area (TPSA) is 89.0 Å². The average Bonchev–Trinajstić information content (AvgIpc) is 3.46. The van der Waals surface area contributed by atoms with Gasteiger partial charge < -0.3 is 4.42 Å². The molecule has 1 amide bonds. The van der Waals surface area contributed by atoms with Crippen molar-refractivity contribution in [3.63, 3.8) is 0 Å². The Balaban J connectivity index is 1.47. The van der Waals surface area contributed by atoms with Crippen molar-refractivity contribution in [2.24, 2.45) is 4.99 Å². The number of thioether (sulfide) groups is 1. The Hall–Kier alpha value is -3.65. The van der Waals surface area contributed by atoms with Crippen molar-refractivity contribution in [1.82, 2.24) is 4.90 Å². The Kier molecular flexibility index (Phi) is 6.78. The van der Waals surface area contributed by atoms with Crippen LogP contribution in [-0.4, -0.2) is 26.9 Å². The highest BCUT2D eigenvalue weighted by atomic mass is 32.2. The second kappa shape index (κ2) is 10.1. The number of furan rings is 1. The molecule has 1 aliphatic heterocycles. The highest BCUT2D eigenvalue weighted by molar-refractivity contribution is 8.18. The fraction of sp³-hybridized carbons (Fsp3) is 0.286. The Labute approximate surface area is 214 Å². The van der Waals surface area contributed by atoms with Gasteiger partial charge in [-0.05, 0) is 74.3 Å². The molecule has 5 rings (SSSR count). The van der Waals surface area contributed by atoms with Crippen LogP contribution in [0, 0.1) is 24.0 Å². The van der Waals surface area contributed by atoms with Gasteiger partial charge in [0.05, 0.1) is 15.5 Å². The normalized spacial score (nSPS) is 18.9. The van der Waals surface area contributed by atoms with Crippen LogP contribution in [0.3, 0.4) is 0 Å². The Morgan fingerprint density at radius 1 is 1.08 bits per heavy atom. The highest BCUT2D eigenvalue weighted by Gasteiger charge is 2.38. The van der Waals surface area contributed by atoms with Gasteiger partial charge in [-0.15, -0.1) is 0 Å². The molecule has 1 saturated carbocycles. The molecule has 2 aliphatic rings. The molecule has 0 unspecified atom stereocenters. The van der Waals surface area contributed by atoms with E-state index in [9.17, 15) is 14.9 Å². The number of nitrogens with zero attached hydrogens (tertiary/aromatic N) is 3. The van der Waals surface area contributed by atoms with Crippen molar-refractivity contribution in [1.29, 1.82) is 0 Å². The lowest BCUT2D eigenvalue weighted by molar-refractivity contribution is -0.385. The predicted octanol–water partition coefficient (Wildman–Crippen LogP) is 7.41. The van der Waals surface area contributed by atoms with Gasteiger partial charge in [-0.3, -0.25) is 19.8 Å². The van der Waals surface area contributed by atoms with Gasteiger partial charge in [0.15, 0.2) is 5.17 Å². The first-order valence-electron chi connectivity index (χ1n) is 12.1. The van der Waals surface area contributed by atoms with Crippen LogP contribution in [-0.2, 0) is 4.79 Å². The maximum atomic E-state index is 13.5. The summed E-state index contributed by atoms with van der Waals surface area (Å²) < 4.78 is 6.02. The van der Waals surface area contributed by atoms with E-state index in [1.54, 1.807) is 25.1 Å². The van der Waals surface area contributed by atoms with E-state index in [0.29, 0.717) is 32.7 Å². The molecule has 1 aromatic heterocycles. The van der Waals surface area contributed by atoms with Crippen LogP contribution < -0.4 is 0 Å². The van der Waals surface area contributed by atoms with Crippen molar-refractivity contribution in [2.75, 3.05) is 0 Å². The van der Waals surface area contributed by atoms with Crippen molar-refractivity contribution in [3.05, 3.63) is 86.5 Å². The van der Waals surface area contributed by atoms with Crippen LogP contribution in [0.5, 0.6) is 0 Å². The van der Waals surface area contributed by atoms with Crippen LogP contribution in [0.25, 0.3) is 17.4 Å². The molecule has 0 atom stereocenters. The summed E-state index contributed by atoms with van der Waals surface area (Å²) in [6, 6.07) is 16.8. The summed E-state index contributed by atoms with van der Waals surface area (Å²) in [5.74, 6) is 0.985. The molecule has 0 N–H and O–H groups in total. The molecule has 2 heterocycles. The van der Waals surface area contributed by atoms with Gasteiger partial charge in [0, 0.05) is 29.3 Å². The smallest absolute Gasteiger partial charge is 0.273 e. The zero-order chi connectivity index (χ0) is 25.2. The standard InChI is InChI=1S/C28H27N3O4S/c1-18-15-20(16-24(19(18)2)31(33)34)25-14-13-23(35-25)17-26-27(32)30(22-11-7-4-8-12-22)28(36-26)29-21-9-5-3-6-10-21/h3,5-6,9-10,13-17,22H,4,7-8,11-12H2,1-2H3/b26-17-,29-28?. The molecule has 0 spiro atoms. The number of carbonyl (C=O) groups excluding carboxylic acids is 1. The number of hydrogen-bond acceptors (Lipinski definition) is 6. The maximum absolute atomic E-state index is 13.5. The lowest BCUT2D eigenvalue weighted by Gasteiger charge is -2.30. The minimum atomic E-state index is -0.376. The molecule has 1 saturated heterocycles. The summed E-state index contributed by atoms with van der Waals surface area (Å²) in [6.45, 7) is 3.59. The van der Waals surface area contributed by atoms with Crippen LogP contribution in [0.4, 0.5) is 11.4 Å². The number of aliphatic imine (C=N–C) groups is 1. The SMILES string of the molecule is Cc1cc(-c2ccc(/C=C3\SC(=Nc4ccccc4)N(C4CCCCC4)C3=O)o2)cc([N+](=O)[O-])c1C. The van der Waals surface area contributed by atoms with Gasteiger partial charge in [-0.25, -0.2) is 4.99 Å². The van der Waals surface area contributed by atoms with Crippen molar-refractivity contribution in [2.45, 2.75) is 52.0 Å². The predicted molar refractivity (Wildman–Crippen MR) is 143 cm³/mol. The van der Waals surface area contributed by atoms with E-state index < -0.39 is 0 Å². The molecule has 184 valence electrons. The zero-order valence-electron chi connectivity index (χ0n) is 20.3. The van der Waals surface area contributed by atoms with Crippen LogP contribution in [0.2, 0.25) is 0 Å². The fourth-order valence-corrected chi connectivity index (χ4v) is 5.77. The molecule has 2 fully saturated rings. The van der Waals surface area contributed by atoms with Crippen LogP contribution in [0.15, 0.2) is 68.9 Å². The minimum absolute atomic E-state index is 0.0543. The quantitative estimate of drug-likeness (QED) is 0.206. The summed E-state index contributed by atoms with van der Waals surface area (Å²) in [5.41, 5.74) is 2.97. The Morgan fingerprint density at radius 3 is 2.56 bits per heavy atom. The van der Waals surface area contributed by atoms with Gasteiger partial charge in [-0.1, -0.05) is 37.5 Å². The van der Waals surface area contributed by atoms with Gasteiger partial charge >= 0.3 is 0 Å². The number of benzene rings is 2. The molecule has 1 aliphatic carbocycles. The maximum Gasteiger partial charge on any atom is 0.273 e. The van der Waals surface area contributed by atoms with Gasteiger partial charge in [0.2, 0.25) is 0 Å². The van der Waals surface area contributed by atoms with Crippen molar-refractivity contribution in [3.8, 4) is 11.3 Å². The Bertz CT molecular complexity index is 1370. The van der Waals surface area contributed by atoms with Crippen molar-refractivity contribution >= 4 is 40.3 Å². The molecular weight excluding hydrogens is 474 g/mol. The van der Waals surface area contributed by atoms with E-state index >= 15 is 0 Å². The molecule has 3 aromatic rings. The van der Waals surface area contributed by atoms with Crippen LogP contribution in [0.1, 0.15) is 49.0 Å². The monoisotopic (exact) mass is 501 g/mol. The highest BCUT2D eigenvalue weighted by Crippen LogP contribution is 2.39. The number of rotatable bonds is 5. The first-order valence-corrected chi connectivity index (χ1v) is 12.9. The summed E-state index contributed by atoms with van der Waals surface area (Å²) in [5, 5.41) is 12.2. The second-order valence-electron chi connectivity index (χ2n) is 9.20. The van der Waals surface area contributed by atoms with E-state index in [1.165, 1.54) is 24.2 Å². The number of amidine groups is 1. The Morgan fingerprint density at radius 2 is 1.83 bits per heavy atom. The number of nitro groups is 1. The average molecular weight is 502 g/mol. The fourth-order valence-electron chi connectivity index (χ4n) is 4.73. The summed E-state index contributed by atoms with van der Waals surface area (Å²) in [7, 11) is 0. The van der Waals surface area contributed by atoms with Crippen molar-refractivity contribution < 1.29 is 14.1 Å². The largest absolute Gasteiger partial charge is 0.457 e. The first-order chi connectivity index (χ1) is 17.4. The lowest BCUT2D eigenvalue weighted by Crippen LogP contribution is -2.40. The molecule has 7 nitrogen and oxygen atoms in total. The van der Waals surface area contributed by atoms with E-state index in [-0.39, 0.29) is 22.6 Å². The number of carbonyl (C=O) groups is 1. The summed E-state index contributed by atoms with van der Waals surface area (Å²) in [4.78, 5) is 31.8. The summed E-state index contributed by atoms with van der Waals surface area (Å²) in [6.07, 6.45) is 7.12. The van der Waals surface area contributed by atoms with E-state index in [1.807, 2.05) is 48.2 Å². The molecule has 0 bridgehead atoms. The van der Waals surface area contributed by atoms with E-state index in [4.69, 9.17) is 9.41 Å². The number of amides is 1. The molecule has 8 heteroatoms. The molecule has 0 radical (unpaired) electrons. The first kappa shape index (κ1) is 24.1. The van der Waals surface area contributed by atoms with Gasteiger partial charge in [-0.2, -0.15) is 0 Å². The van der Waals surface area contributed by atoms with Crippen LogP contribution >= 0.6 is 11.8 Å². The second-order valence-corrected chi connectivity index (χ2v) is 10.2. The third-order valence-electron chi connectivity index (χ3n) is 6.78. The van der Waals surface area contributed by atoms with Gasteiger partial charge in [0.1, 0.15) is 11.5 Å². The molecule has 2 aromatic carbocycles. The third kappa shape index (κ3) is 4.86. The minimum Gasteiger partial charge on any atom is -0.457 e. The van der Waals surface area contributed by atoms with E-state index in [0.717, 1.165) is 36.9 Å². The van der Waals surface area contributed by atoms with Gasteiger partial charge in [0.25, 0.3) is 11.6 Å². The molecular formula is C28H27N3O4S.